The predicted octanol–water partition coefficient (Wildman–Crippen LogP) is 4.73. The Kier molecular flexibility index (Phi) is 3.90. The number of benzene rings is 1. The van der Waals surface area contributed by atoms with Crippen LogP contribution in [0.15, 0.2) is 24.3 Å². The van der Waals surface area contributed by atoms with Crippen LogP contribution >= 0.6 is 0 Å². The second-order valence-corrected chi connectivity index (χ2v) is 8.71. The van der Waals surface area contributed by atoms with Crippen LogP contribution in [0.25, 0.3) is 0 Å². The van der Waals surface area contributed by atoms with Gasteiger partial charge in [-0.3, -0.25) is 0 Å². The molecule has 3 rings (SSSR count). The minimum absolute atomic E-state index is 0.224. The van der Waals surface area contributed by atoms with Crippen molar-refractivity contribution >= 4 is 0 Å². The van der Waals surface area contributed by atoms with Gasteiger partial charge in [-0.25, -0.2) is 0 Å². The van der Waals surface area contributed by atoms with Gasteiger partial charge >= 0.3 is 0 Å². The molecule has 0 spiro atoms. The van der Waals surface area contributed by atoms with Gasteiger partial charge in [0, 0.05) is 12.1 Å². The van der Waals surface area contributed by atoms with E-state index in [9.17, 15) is 0 Å². The Morgan fingerprint density at radius 3 is 2.62 bits per heavy atom. The first-order chi connectivity index (χ1) is 9.86. The summed E-state index contributed by atoms with van der Waals surface area (Å²) < 4.78 is 0. The van der Waals surface area contributed by atoms with Crippen LogP contribution in [0.5, 0.6) is 0 Å². The summed E-state index contributed by atoms with van der Waals surface area (Å²) in [5, 5.41) is 3.82. The van der Waals surface area contributed by atoms with E-state index in [0.717, 1.165) is 11.8 Å². The van der Waals surface area contributed by atoms with Gasteiger partial charge in [-0.15, -0.1) is 0 Å². The summed E-state index contributed by atoms with van der Waals surface area (Å²) in [5.74, 6) is 1.94. The Hall–Kier alpha value is -0.820. The van der Waals surface area contributed by atoms with Crippen molar-refractivity contribution in [3.8, 4) is 0 Å². The third-order valence-electron chi connectivity index (χ3n) is 5.71. The van der Waals surface area contributed by atoms with E-state index in [-0.39, 0.29) is 5.54 Å². The van der Waals surface area contributed by atoms with Crippen LogP contribution < -0.4 is 5.32 Å². The third kappa shape index (κ3) is 3.34. The summed E-state index contributed by atoms with van der Waals surface area (Å²) in [6.45, 7) is 10.3. The van der Waals surface area contributed by atoms with Crippen LogP contribution in [0.4, 0.5) is 0 Å². The first-order valence-corrected chi connectivity index (χ1v) is 8.67. The molecule has 2 aliphatic carbocycles. The van der Waals surface area contributed by atoms with Gasteiger partial charge in [-0.05, 0) is 76.2 Å². The molecule has 0 aromatic heterocycles. The van der Waals surface area contributed by atoms with Crippen LogP contribution in [0.1, 0.15) is 57.6 Å². The lowest BCUT2D eigenvalue weighted by Crippen LogP contribution is -2.47. The average molecular weight is 285 g/mol. The van der Waals surface area contributed by atoms with Crippen LogP contribution in [0.3, 0.4) is 0 Å². The van der Waals surface area contributed by atoms with Crippen LogP contribution in [-0.4, -0.2) is 12.1 Å². The van der Waals surface area contributed by atoms with E-state index in [1.54, 1.807) is 5.56 Å². The van der Waals surface area contributed by atoms with Crippen LogP contribution in [-0.2, 0) is 6.42 Å². The van der Waals surface area contributed by atoms with Crippen molar-refractivity contribution in [1.29, 1.82) is 0 Å². The standard InChI is InChI=1S/C20H31N/c1-15-6-5-7-16(10-15)12-20(14-21-19(2,3)4)13-17-8-9-18(20)11-17/h5-7,10,17-18,21H,8-9,11-14H2,1-4H3. The molecule has 0 amide bonds. The maximum atomic E-state index is 3.82. The van der Waals surface area contributed by atoms with Crippen molar-refractivity contribution in [2.24, 2.45) is 17.3 Å². The summed E-state index contributed by atoms with van der Waals surface area (Å²) in [7, 11) is 0. The summed E-state index contributed by atoms with van der Waals surface area (Å²) in [6.07, 6.45) is 7.13. The van der Waals surface area contributed by atoms with Crippen molar-refractivity contribution in [3.63, 3.8) is 0 Å². The third-order valence-corrected chi connectivity index (χ3v) is 5.71. The molecule has 3 atom stereocenters. The van der Waals surface area contributed by atoms with E-state index in [1.807, 2.05) is 0 Å². The van der Waals surface area contributed by atoms with Gasteiger partial charge in [-0.1, -0.05) is 36.2 Å². The van der Waals surface area contributed by atoms with Crippen molar-refractivity contribution in [2.45, 2.75) is 65.3 Å². The second kappa shape index (κ2) is 5.43. The molecular weight excluding hydrogens is 254 g/mol. The largest absolute Gasteiger partial charge is 0.311 e. The quantitative estimate of drug-likeness (QED) is 0.843. The van der Waals surface area contributed by atoms with Gasteiger partial charge in [0.15, 0.2) is 0 Å². The first-order valence-electron chi connectivity index (χ1n) is 8.67. The Morgan fingerprint density at radius 2 is 2.05 bits per heavy atom. The number of aryl methyl sites for hydroxylation is 1. The fourth-order valence-corrected chi connectivity index (χ4v) is 4.72. The van der Waals surface area contributed by atoms with E-state index in [0.29, 0.717) is 5.41 Å². The molecule has 21 heavy (non-hydrogen) atoms. The van der Waals surface area contributed by atoms with Crippen LogP contribution in [0.2, 0.25) is 0 Å². The van der Waals surface area contributed by atoms with Gasteiger partial charge in [0.1, 0.15) is 0 Å². The summed E-state index contributed by atoms with van der Waals surface area (Å²) >= 11 is 0. The second-order valence-electron chi connectivity index (χ2n) is 8.71. The molecule has 116 valence electrons. The lowest BCUT2D eigenvalue weighted by molar-refractivity contribution is 0.143. The van der Waals surface area contributed by atoms with E-state index < -0.39 is 0 Å². The highest BCUT2D eigenvalue weighted by molar-refractivity contribution is 5.24. The van der Waals surface area contributed by atoms with Crippen molar-refractivity contribution in [3.05, 3.63) is 35.4 Å². The van der Waals surface area contributed by atoms with Gasteiger partial charge in [0.25, 0.3) is 0 Å². The molecule has 1 heteroatoms. The number of hydrogen-bond acceptors (Lipinski definition) is 1. The predicted molar refractivity (Wildman–Crippen MR) is 90.5 cm³/mol. The Balaban J connectivity index is 1.80. The molecule has 1 N–H and O–H groups in total. The molecule has 0 radical (unpaired) electrons. The fraction of sp³-hybridized carbons (Fsp3) is 0.700. The zero-order valence-corrected chi connectivity index (χ0v) is 14.2. The maximum Gasteiger partial charge on any atom is 0.00967 e. The normalized spacial score (nSPS) is 31.8. The van der Waals surface area contributed by atoms with Gasteiger partial charge in [0.05, 0.1) is 0 Å². The Morgan fingerprint density at radius 1 is 1.24 bits per heavy atom. The minimum atomic E-state index is 0.224. The topological polar surface area (TPSA) is 12.0 Å². The lowest BCUT2D eigenvalue weighted by atomic mass is 9.69. The molecule has 0 heterocycles. The lowest BCUT2D eigenvalue weighted by Gasteiger charge is -2.40. The maximum absolute atomic E-state index is 3.82. The minimum Gasteiger partial charge on any atom is -0.311 e. The van der Waals surface area contributed by atoms with Crippen LogP contribution in [0, 0.1) is 24.2 Å². The highest BCUT2D eigenvalue weighted by Crippen LogP contribution is 2.57. The summed E-state index contributed by atoms with van der Waals surface area (Å²) in [5.41, 5.74) is 3.67. The van der Waals surface area contributed by atoms with Gasteiger partial charge in [0.2, 0.25) is 0 Å². The van der Waals surface area contributed by atoms with E-state index in [1.165, 1.54) is 44.2 Å². The molecule has 2 aliphatic rings. The Bertz CT molecular complexity index is 499. The SMILES string of the molecule is Cc1cccc(CC2(CNC(C)(C)C)CC3CCC2C3)c1. The van der Waals surface area contributed by atoms with Gasteiger partial charge < -0.3 is 5.32 Å². The number of hydrogen-bond donors (Lipinski definition) is 1. The highest BCUT2D eigenvalue weighted by atomic mass is 15.0. The molecular formula is C20H31N. The van der Waals surface area contributed by atoms with Crippen molar-refractivity contribution in [1.82, 2.24) is 5.32 Å². The molecule has 1 aromatic rings. The molecule has 0 aliphatic heterocycles. The zero-order valence-electron chi connectivity index (χ0n) is 14.2. The molecule has 0 saturated heterocycles. The summed E-state index contributed by atoms with van der Waals surface area (Å²) in [4.78, 5) is 0. The van der Waals surface area contributed by atoms with E-state index >= 15 is 0 Å². The van der Waals surface area contributed by atoms with Crippen molar-refractivity contribution in [2.75, 3.05) is 6.54 Å². The average Bonchev–Trinajstić information content (AvgIpc) is 2.96. The highest BCUT2D eigenvalue weighted by Gasteiger charge is 2.50. The summed E-state index contributed by atoms with van der Waals surface area (Å²) in [6, 6.07) is 9.16. The van der Waals surface area contributed by atoms with E-state index in [4.69, 9.17) is 0 Å². The Labute approximate surface area is 130 Å². The molecule has 1 nitrogen and oxygen atoms in total. The first kappa shape index (κ1) is 15.1. The fourth-order valence-electron chi connectivity index (χ4n) is 4.72. The number of fused-ring (bicyclic) bond motifs is 2. The number of rotatable bonds is 4. The van der Waals surface area contributed by atoms with Gasteiger partial charge in [-0.2, -0.15) is 0 Å². The molecule has 1 aromatic carbocycles. The zero-order chi connectivity index (χ0) is 15.1. The molecule has 2 bridgehead atoms. The molecule has 2 saturated carbocycles. The number of nitrogens with one attached hydrogen (secondary N) is 1. The monoisotopic (exact) mass is 285 g/mol. The molecule has 3 unspecified atom stereocenters. The van der Waals surface area contributed by atoms with E-state index in [2.05, 4.69) is 57.3 Å². The molecule has 2 fully saturated rings. The van der Waals surface area contributed by atoms with Crippen molar-refractivity contribution < 1.29 is 0 Å². The smallest absolute Gasteiger partial charge is 0.00967 e.